The summed E-state index contributed by atoms with van der Waals surface area (Å²) in [5, 5.41) is 8.45. The number of hydrogen-bond acceptors (Lipinski definition) is 7. The summed E-state index contributed by atoms with van der Waals surface area (Å²) in [7, 11) is -4.11. The van der Waals surface area contributed by atoms with Crippen LogP contribution in [-0.4, -0.2) is 49.8 Å². The largest absolute Gasteiger partial charge is 0.480 e. The van der Waals surface area contributed by atoms with Crippen molar-refractivity contribution in [3.05, 3.63) is 12.2 Å². The molecular weight excluding hydrogens is 294 g/mol. The molecule has 1 amide bonds. The standard InChI is InChI=1S/C9H15N3O7S/c1-2-19-8(14)4-3-7(13)11-12-20(17,18)5-6(10)9(15)16/h3-4,6,12H,2,5,10H2,1H3,(H,11,13)(H,15,16)/b4-3+/t6-/m0/s1. The monoisotopic (exact) mass is 309 g/mol. The predicted octanol–water partition coefficient (Wildman–Crippen LogP) is -2.53. The third-order valence-electron chi connectivity index (χ3n) is 1.70. The van der Waals surface area contributed by atoms with Crippen molar-refractivity contribution in [3.63, 3.8) is 0 Å². The van der Waals surface area contributed by atoms with E-state index in [4.69, 9.17) is 10.8 Å². The van der Waals surface area contributed by atoms with Crippen LogP contribution in [-0.2, 0) is 29.1 Å². The van der Waals surface area contributed by atoms with Crippen LogP contribution in [0.15, 0.2) is 12.2 Å². The molecule has 0 unspecified atom stereocenters. The maximum atomic E-state index is 11.3. The highest BCUT2D eigenvalue weighted by atomic mass is 32.2. The van der Waals surface area contributed by atoms with E-state index < -0.39 is 39.7 Å². The van der Waals surface area contributed by atoms with Crippen LogP contribution in [0, 0.1) is 0 Å². The Hall–Kier alpha value is -1.98. The first kappa shape index (κ1) is 18.0. The summed E-state index contributed by atoms with van der Waals surface area (Å²) in [6, 6.07) is -1.63. The first-order valence-corrected chi connectivity index (χ1v) is 6.96. The molecule has 20 heavy (non-hydrogen) atoms. The fourth-order valence-corrected chi connectivity index (χ4v) is 1.81. The molecule has 11 heteroatoms. The van der Waals surface area contributed by atoms with Crippen LogP contribution < -0.4 is 16.0 Å². The molecule has 0 saturated carbocycles. The van der Waals surface area contributed by atoms with E-state index in [0.29, 0.717) is 0 Å². The molecular formula is C9H15N3O7S. The van der Waals surface area contributed by atoms with Gasteiger partial charge in [-0.2, -0.15) is 0 Å². The number of nitrogens with one attached hydrogen (secondary N) is 2. The normalized spacial score (nSPS) is 12.9. The quantitative estimate of drug-likeness (QED) is 0.216. The summed E-state index contributed by atoms with van der Waals surface area (Å²) in [6.07, 6.45) is 1.55. The van der Waals surface area contributed by atoms with E-state index in [1.54, 1.807) is 17.2 Å². The lowest BCUT2D eigenvalue weighted by atomic mass is 10.4. The number of sulfonamides is 1. The molecule has 0 rings (SSSR count). The summed E-state index contributed by atoms with van der Waals surface area (Å²) >= 11 is 0. The first-order chi connectivity index (χ1) is 9.18. The molecule has 0 bridgehead atoms. The van der Waals surface area contributed by atoms with Gasteiger partial charge >= 0.3 is 11.9 Å². The molecule has 0 aromatic carbocycles. The summed E-state index contributed by atoms with van der Waals surface area (Å²) in [4.78, 5) is 34.0. The van der Waals surface area contributed by atoms with Gasteiger partial charge in [0, 0.05) is 12.2 Å². The van der Waals surface area contributed by atoms with E-state index in [1.807, 2.05) is 0 Å². The molecule has 0 aromatic rings. The zero-order valence-corrected chi connectivity index (χ0v) is 11.3. The summed E-state index contributed by atoms with van der Waals surface area (Å²) in [5.74, 6) is -4.11. The number of esters is 1. The van der Waals surface area contributed by atoms with Gasteiger partial charge in [0.1, 0.15) is 6.04 Å². The van der Waals surface area contributed by atoms with Crippen molar-refractivity contribution in [2.45, 2.75) is 13.0 Å². The van der Waals surface area contributed by atoms with Gasteiger partial charge in [-0.15, -0.1) is 4.83 Å². The SMILES string of the molecule is CCOC(=O)/C=C/C(=O)NNS(=O)(=O)C[C@H](N)C(=O)O. The number of nitrogens with two attached hydrogens (primary N) is 1. The Morgan fingerprint density at radius 3 is 2.45 bits per heavy atom. The molecule has 0 radical (unpaired) electrons. The fraction of sp³-hybridized carbons (Fsp3) is 0.444. The van der Waals surface area contributed by atoms with Gasteiger partial charge in [-0.25, -0.2) is 13.2 Å². The van der Waals surface area contributed by atoms with Gasteiger partial charge in [0.2, 0.25) is 10.0 Å². The zero-order valence-electron chi connectivity index (χ0n) is 10.5. The van der Waals surface area contributed by atoms with Crippen molar-refractivity contribution in [1.82, 2.24) is 10.3 Å². The van der Waals surface area contributed by atoms with E-state index in [0.717, 1.165) is 12.2 Å². The van der Waals surface area contributed by atoms with Crippen LogP contribution in [0.4, 0.5) is 0 Å². The average molecular weight is 309 g/mol. The first-order valence-electron chi connectivity index (χ1n) is 5.30. The second-order valence-corrected chi connectivity index (χ2v) is 5.17. The van der Waals surface area contributed by atoms with Crippen LogP contribution in [0.5, 0.6) is 0 Å². The molecule has 0 spiro atoms. The summed E-state index contributed by atoms with van der Waals surface area (Å²) in [5.41, 5.74) is 6.78. The van der Waals surface area contributed by atoms with Gasteiger partial charge in [-0.3, -0.25) is 15.0 Å². The van der Waals surface area contributed by atoms with E-state index in [-0.39, 0.29) is 6.61 Å². The Balaban J connectivity index is 4.30. The highest BCUT2D eigenvalue weighted by Crippen LogP contribution is 1.88. The Morgan fingerprint density at radius 2 is 1.95 bits per heavy atom. The number of rotatable bonds is 8. The summed E-state index contributed by atoms with van der Waals surface area (Å²) < 4.78 is 27.1. The van der Waals surface area contributed by atoms with Crippen LogP contribution >= 0.6 is 0 Å². The molecule has 10 nitrogen and oxygen atoms in total. The number of carbonyl (C=O) groups excluding carboxylic acids is 2. The van der Waals surface area contributed by atoms with E-state index in [1.165, 1.54) is 0 Å². The number of carboxylic acids is 1. The fourth-order valence-electron chi connectivity index (χ4n) is 0.853. The van der Waals surface area contributed by atoms with Crippen LogP contribution in [0.2, 0.25) is 0 Å². The van der Waals surface area contributed by atoms with Crippen molar-refractivity contribution in [2.24, 2.45) is 5.73 Å². The summed E-state index contributed by atoms with van der Waals surface area (Å²) in [6.45, 7) is 1.70. The van der Waals surface area contributed by atoms with Gasteiger partial charge in [-0.1, -0.05) is 0 Å². The molecule has 0 aliphatic rings. The predicted molar refractivity (Wildman–Crippen MR) is 66.4 cm³/mol. The number of carboxylic acid groups (broad SMARTS) is 1. The molecule has 0 heterocycles. The van der Waals surface area contributed by atoms with Gasteiger partial charge in [0.25, 0.3) is 5.91 Å². The molecule has 114 valence electrons. The Labute approximate surface area is 115 Å². The molecule has 0 aliphatic carbocycles. The topological polar surface area (TPSA) is 165 Å². The van der Waals surface area contributed by atoms with Crippen LogP contribution in [0.1, 0.15) is 6.92 Å². The minimum atomic E-state index is -4.11. The molecule has 0 aromatic heterocycles. The third-order valence-corrected chi connectivity index (χ3v) is 2.91. The second-order valence-electron chi connectivity index (χ2n) is 3.40. The molecule has 0 saturated heterocycles. The van der Waals surface area contributed by atoms with Gasteiger partial charge in [0.15, 0.2) is 0 Å². The van der Waals surface area contributed by atoms with Gasteiger partial charge < -0.3 is 15.6 Å². The van der Waals surface area contributed by atoms with Gasteiger partial charge in [0.05, 0.1) is 12.4 Å². The zero-order chi connectivity index (χ0) is 15.8. The maximum Gasteiger partial charge on any atom is 0.330 e. The van der Waals surface area contributed by atoms with Crippen molar-refractivity contribution < 1.29 is 32.6 Å². The Kier molecular flexibility index (Phi) is 7.43. The lowest BCUT2D eigenvalue weighted by molar-refractivity contribution is -0.138. The average Bonchev–Trinajstić information content (AvgIpc) is 2.33. The molecule has 1 atom stereocenters. The number of amides is 1. The van der Waals surface area contributed by atoms with Crippen LogP contribution in [0.25, 0.3) is 0 Å². The highest BCUT2D eigenvalue weighted by Gasteiger charge is 2.21. The van der Waals surface area contributed by atoms with E-state index in [9.17, 15) is 22.8 Å². The lowest BCUT2D eigenvalue weighted by Crippen LogP contribution is -2.47. The van der Waals surface area contributed by atoms with Crippen molar-refractivity contribution in [1.29, 1.82) is 0 Å². The number of ether oxygens (including phenoxy) is 1. The van der Waals surface area contributed by atoms with Crippen molar-refractivity contribution in [2.75, 3.05) is 12.4 Å². The number of hydrogen-bond donors (Lipinski definition) is 4. The van der Waals surface area contributed by atoms with E-state index >= 15 is 0 Å². The van der Waals surface area contributed by atoms with Crippen molar-refractivity contribution >= 4 is 27.9 Å². The lowest BCUT2D eigenvalue weighted by Gasteiger charge is -2.09. The van der Waals surface area contributed by atoms with E-state index in [2.05, 4.69) is 4.74 Å². The number of hydrazine groups is 1. The minimum Gasteiger partial charge on any atom is -0.480 e. The molecule has 5 N–H and O–H groups in total. The maximum absolute atomic E-state index is 11.3. The smallest absolute Gasteiger partial charge is 0.330 e. The van der Waals surface area contributed by atoms with Crippen molar-refractivity contribution in [3.8, 4) is 0 Å². The molecule has 0 fully saturated rings. The Bertz CT molecular complexity index is 500. The third kappa shape index (κ3) is 8.18. The second kappa shape index (κ2) is 8.24. The Morgan fingerprint density at radius 1 is 1.35 bits per heavy atom. The number of carbonyl (C=O) groups is 3. The van der Waals surface area contributed by atoms with Gasteiger partial charge in [-0.05, 0) is 6.92 Å². The number of aliphatic carboxylic acids is 1. The minimum absolute atomic E-state index is 0.129. The highest BCUT2D eigenvalue weighted by molar-refractivity contribution is 7.89. The molecule has 0 aliphatic heterocycles. The van der Waals surface area contributed by atoms with Crippen LogP contribution in [0.3, 0.4) is 0 Å².